The van der Waals surface area contributed by atoms with E-state index in [-0.39, 0.29) is 47.8 Å². The van der Waals surface area contributed by atoms with E-state index in [9.17, 15) is 14.4 Å². The highest BCUT2D eigenvalue weighted by Crippen LogP contribution is 2.52. The van der Waals surface area contributed by atoms with Crippen LogP contribution >= 0.6 is 11.3 Å². The number of nitrogens with one attached hydrogen (secondary N) is 1. The number of fused-ring (bicyclic) bond motifs is 6. The fraction of sp³-hybridized carbons (Fsp3) is 0.696. The average Bonchev–Trinajstić information content (AvgIpc) is 3.51. The maximum absolute atomic E-state index is 13.4. The van der Waals surface area contributed by atoms with E-state index in [0.717, 1.165) is 63.4 Å². The van der Waals surface area contributed by atoms with Gasteiger partial charge in [-0.3, -0.25) is 14.4 Å². The Morgan fingerprint density at radius 1 is 1.03 bits per heavy atom. The quantitative estimate of drug-likeness (QED) is 0.750. The molecular formula is C23H28N2O4S. The Bertz CT molecular complexity index is 906. The molecule has 6 rings (SSSR count). The first-order valence-corrected chi connectivity index (χ1v) is 12.3. The van der Waals surface area contributed by atoms with E-state index in [4.69, 9.17) is 4.74 Å². The third-order valence-corrected chi connectivity index (χ3v) is 9.14. The lowest BCUT2D eigenvalue weighted by Gasteiger charge is -2.21. The van der Waals surface area contributed by atoms with Crippen molar-refractivity contribution in [3.63, 3.8) is 0 Å². The number of hydrogen-bond donors (Lipinski definition) is 1. The first kappa shape index (κ1) is 19.0. The van der Waals surface area contributed by atoms with Crippen molar-refractivity contribution in [1.82, 2.24) is 5.32 Å². The van der Waals surface area contributed by atoms with Gasteiger partial charge in [0.2, 0.25) is 11.8 Å². The van der Waals surface area contributed by atoms with Crippen LogP contribution in [0.4, 0.5) is 5.00 Å². The second-order valence-electron chi connectivity index (χ2n) is 9.84. The topological polar surface area (TPSA) is 75.7 Å². The van der Waals surface area contributed by atoms with Crippen molar-refractivity contribution < 1.29 is 19.1 Å². The minimum atomic E-state index is -0.361. The number of hydrogen-bond acceptors (Lipinski definition) is 5. The summed E-state index contributed by atoms with van der Waals surface area (Å²) in [7, 11) is 0. The number of ether oxygens (including phenoxy) is 1. The zero-order valence-corrected chi connectivity index (χ0v) is 18.1. The van der Waals surface area contributed by atoms with Crippen LogP contribution in [0.3, 0.4) is 0 Å². The van der Waals surface area contributed by atoms with E-state index in [1.807, 2.05) is 0 Å². The number of anilines is 1. The maximum atomic E-state index is 13.4. The zero-order chi connectivity index (χ0) is 20.6. The van der Waals surface area contributed by atoms with Gasteiger partial charge in [-0.25, -0.2) is 4.90 Å². The van der Waals surface area contributed by atoms with E-state index in [1.165, 1.54) is 21.1 Å². The van der Waals surface area contributed by atoms with Crippen molar-refractivity contribution in [2.75, 3.05) is 4.90 Å². The molecule has 0 aromatic carbocycles. The highest BCUT2D eigenvalue weighted by atomic mass is 32.1. The Kier molecular flexibility index (Phi) is 4.36. The summed E-state index contributed by atoms with van der Waals surface area (Å²) in [5.41, 5.74) is 1.67. The standard InChI is InChI=1S/C23H28N2O4S/c1-11-6-7-13-16(10-11)30-23(17(13)20(26)24-12-4-2-3-5-12)25-21(27)18-14-8-9-15(29-14)19(18)22(25)28/h11-12,14-15,18-19H,2-10H2,1H3,(H,24,26)/t11-,14-,15-,18-,19-/m1/s1. The van der Waals surface area contributed by atoms with Crippen molar-refractivity contribution in [3.8, 4) is 0 Å². The Labute approximate surface area is 180 Å². The van der Waals surface area contributed by atoms with Crippen LogP contribution in [0.5, 0.6) is 0 Å². The molecule has 2 bridgehead atoms. The molecule has 6 nitrogen and oxygen atoms in total. The van der Waals surface area contributed by atoms with Gasteiger partial charge in [0.25, 0.3) is 5.91 Å². The molecular weight excluding hydrogens is 400 g/mol. The summed E-state index contributed by atoms with van der Waals surface area (Å²) in [6.07, 6.45) is 8.56. The van der Waals surface area contributed by atoms with E-state index < -0.39 is 0 Å². The molecule has 1 aromatic rings. The third-order valence-electron chi connectivity index (χ3n) is 7.90. The lowest BCUT2D eigenvalue weighted by atomic mass is 9.81. The largest absolute Gasteiger partial charge is 0.373 e. The summed E-state index contributed by atoms with van der Waals surface area (Å²) in [5, 5.41) is 3.79. The van der Waals surface area contributed by atoms with Gasteiger partial charge in [0.1, 0.15) is 5.00 Å². The Morgan fingerprint density at radius 3 is 2.37 bits per heavy atom. The minimum absolute atomic E-state index is 0.0964. The van der Waals surface area contributed by atoms with Crippen LogP contribution in [-0.4, -0.2) is 36.0 Å². The van der Waals surface area contributed by atoms with Crippen LogP contribution in [0.15, 0.2) is 0 Å². The fourth-order valence-electron chi connectivity index (χ4n) is 6.37. The predicted molar refractivity (Wildman–Crippen MR) is 113 cm³/mol. The Balaban J connectivity index is 1.40. The number of carbonyl (C=O) groups is 3. The molecule has 0 unspecified atom stereocenters. The van der Waals surface area contributed by atoms with Crippen molar-refractivity contribution in [3.05, 3.63) is 16.0 Å². The third kappa shape index (κ3) is 2.67. The molecule has 5 aliphatic rings. The Morgan fingerprint density at radius 2 is 1.70 bits per heavy atom. The smallest absolute Gasteiger partial charge is 0.254 e. The van der Waals surface area contributed by atoms with Crippen molar-refractivity contribution in [2.24, 2.45) is 17.8 Å². The van der Waals surface area contributed by atoms with Crippen LogP contribution in [0.2, 0.25) is 0 Å². The van der Waals surface area contributed by atoms with Crippen molar-refractivity contribution in [2.45, 2.75) is 83.0 Å². The molecule has 3 amide bonds. The zero-order valence-electron chi connectivity index (χ0n) is 17.3. The summed E-state index contributed by atoms with van der Waals surface area (Å²) in [6.45, 7) is 2.23. The molecule has 1 saturated carbocycles. The van der Waals surface area contributed by atoms with Gasteiger partial charge in [0.05, 0.1) is 29.6 Å². The fourth-order valence-corrected chi connectivity index (χ4v) is 7.89. The number of nitrogens with zero attached hydrogens (tertiary/aromatic N) is 1. The normalized spacial score (nSPS) is 35.2. The van der Waals surface area contributed by atoms with E-state index in [0.29, 0.717) is 16.5 Å². The highest BCUT2D eigenvalue weighted by molar-refractivity contribution is 7.17. The highest BCUT2D eigenvalue weighted by Gasteiger charge is 2.63. The van der Waals surface area contributed by atoms with Crippen LogP contribution in [0.25, 0.3) is 0 Å². The molecule has 3 aliphatic heterocycles. The summed E-state index contributed by atoms with van der Waals surface area (Å²) < 4.78 is 5.88. The van der Waals surface area contributed by atoms with Gasteiger partial charge in [-0.2, -0.15) is 0 Å². The second kappa shape index (κ2) is 6.89. The molecule has 3 saturated heterocycles. The van der Waals surface area contributed by atoms with Gasteiger partial charge < -0.3 is 10.1 Å². The molecule has 30 heavy (non-hydrogen) atoms. The summed E-state index contributed by atoms with van der Waals surface area (Å²) in [5.74, 6) is -0.568. The first-order chi connectivity index (χ1) is 14.5. The van der Waals surface area contributed by atoms with E-state index in [1.54, 1.807) is 0 Å². The molecule has 1 N–H and O–H groups in total. The van der Waals surface area contributed by atoms with Gasteiger partial charge in [-0.1, -0.05) is 19.8 Å². The molecule has 1 aromatic heterocycles. The maximum Gasteiger partial charge on any atom is 0.254 e. The van der Waals surface area contributed by atoms with Crippen molar-refractivity contribution in [1.29, 1.82) is 0 Å². The molecule has 5 atom stereocenters. The number of amides is 3. The molecule has 0 radical (unpaired) electrons. The minimum Gasteiger partial charge on any atom is -0.373 e. The van der Waals surface area contributed by atoms with E-state index in [2.05, 4.69) is 12.2 Å². The van der Waals surface area contributed by atoms with Gasteiger partial charge >= 0.3 is 0 Å². The van der Waals surface area contributed by atoms with E-state index >= 15 is 0 Å². The predicted octanol–water partition coefficient (Wildman–Crippen LogP) is 3.21. The Hall–Kier alpha value is -1.73. The van der Waals surface area contributed by atoms with Gasteiger partial charge in [-0.05, 0) is 56.4 Å². The summed E-state index contributed by atoms with van der Waals surface area (Å²) in [6, 6.07) is 0.206. The summed E-state index contributed by atoms with van der Waals surface area (Å²) in [4.78, 5) is 42.7. The van der Waals surface area contributed by atoms with Crippen molar-refractivity contribution >= 4 is 34.1 Å². The number of thiophene rings is 1. The SMILES string of the molecule is C[C@@H]1CCc2c(sc(N3C(=O)[C@H]4[C@H](C3=O)[C@H]3CC[C@H]4O3)c2C(=O)NC2CCCC2)C1. The summed E-state index contributed by atoms with van der Waals surface area (Å²) >= 11 is 1.50. The number of carbonyl (C=O) groups excluding carboxylic acids is 3. The van der Waals surface area contributed by atoms with Crippen LogP contribution in [0.1, 0.15) is 72.7 Å². The molecule has 2 aliphatic carbocycles. The number of rotatable bonds is 3. The molecule has 0 spiro atoms. The lowest BCUT2D eigenvalue weighted by molar-refractivity contribution is -0.124. The van der Waals surface area contributed by atoms with Crippen LogP contribution in [0, 0.1) is 17.8 Å². The lowest BCUT2D eigenvalue weighted by Crippen LogP contribution is -2.37. The van der Waals surface area contributed by atoms with Crippen LogP contribution < -0.4 is 10.2 Å². The molecule has 4 heterocycles. The molecule has 160 valence electrons. The monoisotopic (exact) mass is 428 g/mol. The molecule has 7 heteroatoms. The van der Waals surface area contributed by atoms with Crippen LogP contribution in [-0.2, 0) is 27.2 Å². The average molecular weight is 429 g/mol. The number of imide groups is 1. The van der Waals surface area contributed by atoms with Gasteiger partial charge in [0.15, 0.2) is 0 Å². The second-order valence-corrected chi connectivity index (χ2v) is 10.9. The first-order valence-electron chi connectivity index (χ1n) is 11.5. The van der Waals surface area contributed by atoms with Gasteiger partial charge in [0, 0.05) is 10.9 Å². The molecule has 4 fully saturated rings. The van der Waals surface area contributed by atoms with Gasteiger partial charge in [-0.15, -0.1) is 11.3 Å².